The SMILES string of the molecule is COC1=CC(C=O)C(N[C@@H]2CC3=C(C=CCC3)N2)C=C1O. The van der Waals surface area contributed by atoms with Crippen LogP contribution in [0.1, 0.15) is 19.3 Å². The van der Waals surface area contributed by atoms with Gasteiger partial charge in [0.15, 0.2) is 11.5 Å². The van der Waals surface area contributed by atoms with E-state index in [0.717, 1.165) is 25.5 Å². The molecule has 0 radical (unpaired) electrons. The van der Waals surface area contributed by atoms with Crippen molar-refractivity contribution in [3.63, 3.8) is 0 Å². The Morgan fingerprint density at radius 1 is 1.48 bits per heavy atom. The van der Waals surface area contributed by atoms with E-state index in [2.05, 4.69) is 22.8 Å². The molecule has 0 saturated carbocycles. The van der Waals surface area contributed by atoms with E-state index in [0.29, 0.717) is 5.76 Å². The fraction of sp³-hybridized carbons (Fsp3) is 0.438. The standard InChI is InChI=1S/C16H20N2O3/c1-21-15-6-11(9-19)13(8-14(15)20)18-16-7-10-4-2-3-5-12(10)17-16/h3,5-6,8-9,11,13,16-18,20H,2,4,7H2,1H3/t11?,13?,16-/m1/s1. The van der Waals surface area contributed by atoms with E-state index in [4.69, 9.17) is 4.74 Å². The third kappa shape index (κ3) is 2.74. The zero-order valence-corrected chi connectivity index (χ0v) is 12.0. The third-order valence-electron chi connectivity index (χ3n) is 4.18. The minimum Gasteiger partial charge on any atom is -0.504 e. The highest BCUT2D eigenvalue weighted by Gasteiger charge is 2.30. The second-order valence-corrected chi connectivity index (χ2v) is 5.55. The van der Waals surface area contributed by atoms with Crippen molar-refractivity contribution in [1.29, 1.82) is 0 Å². The predicted octanol–water partition coefficient (Wildman–Crippen LogP) is 1.67. The summed E-state index contributed by atoms with van der Waals surface area (Å²) in [5.74, 6) is 0.0828. The van der Waals surface area contributed by atoms with Gasteiger partial charge in [0, 0.05) is 18.2 Å². The summed E-state index contributed by atoms with van der Waals surface area (Å²) in [6.45, 7) is 0. The van der Waals surface area contributed by atoms with Gasteiger partial charge < -0.3 is 20.0 Å². The van der Waals surface area contributed by atoms with Crippen molar-refractivity contribution in [2.24, 2.45) is 5.92 Å². The van der Waals surface area contributed by atoms with E-state index in [-0.39, 0.29) is 23.9 Å². The Labute approximate surface area is 124 Å². The van der Waals surface area contributed by atoms with Gasteiger partial charge in [-0.15, -0.1) is 0 Å². The molecule has 0 amide bonds. The van der Waals surface area contributed by atoms with E-state index in [1.807, 2.05) is 0 Å². The van der Waals surface area contributed by atoms with E-state index < -0.39 is 0 Å². The maximum Gasteiger partial charge on any atom is 0.157 e. The molecule has 3 atom stereocenters. The van der Waals surface area contributed by atoms with Crippen molar-refractivity contribution in [2.45, 2.75) is 31.5 Å². The lowest BCUT2D eigenvalue weighted by atomic mass is 9.94. The van der Waals surface area contributed by atoms with Crippen LogP contribution in [0.4, 0.5) is 0 Å². The number of ether oxygens (including phenoxy) is 1. The summed E-state index contributed by atoms with van der Waals surface area (Å²) >= 11 is 0. The lowest BCUT2D eigenvalue weighted by Gasteiger charge is -2.27. The summed E-state index contributed by atoms with van der Waals surface area (Å²) in [5, 5.41) is 16.7. The molecule has 0 aromatic rings. The Bertz CT molecular complexity index is 560. The van der Waals surface area contributed by atoms with Crippen molar-refractivity contribution in [3.8, 4) is 0 Å². The molecule has 3 N–H and O–H groups in total. The number of methoxy groups -OCH3 is 1. The van der Waals surface area contributed by atoms with E-state index in [1.54, 1.807) is 12.2 Å². The van der Waals surface area contributed by atoms with Crippen molar-refractivity contribution in [1.82, 2.24) is 10.6 Å². The first-order chi connectivity index (χ1) is 10.2. The molecule has 1 aliphatic heterocycles. The molecule has 0 saturated heterocycles. The van der Waals surface area contributed by atoms with Crippen LogP contribution in [0.5, 0.6) is 0 Å². The van der Waals surface area contributed by atoms with Gasteiger partial charge in [-0.25, -0.2) is 0 Å². The maximum absolute atomic E-state index is 11.3. The number of aliphatic hydroxyl groups excluding tert-OH is 1. The number of nitrogens with one attached hydrogen (secondary N) is 2. The van der Waals surface area contributed by atoms with Gasteiger partial charge in [-0.3, -0.25) is 5.32 Å². The third-order valence-corrected chi connectivity index (χ3v) is 4.18. The van der Waals surface area contributed by atoms with Gasteiger partial charge in [-0.05, 0) is 36.6 Å². The van der Waals surface area contributed by atoms with Crippen molar-refractivity contribution >= 4 is 6.29 Å². The molecule has 2 unspecified atom stereocenters. The van der Waals surface area contributed by atoms with Crippen molar-refractivity contribution < 1.29 is 14.6 Å². The van der Waals surface area contributed by atoms with Crippen LogP contribution in [0.3, 0.4) is 0 Å². The summed E-state index contributed by atoms with van der Waals surface area (Å²) in [5.41, 5.74) is 2.62. The first-order valence-electron chi connectivity index (χ1n) is 7.24. The lowest BCUT2D eigenvalue weighted by Crippen LogP contribution is -2.47. The molecule has 0 fully saturated rings. The second-order valence-electron chi connectivity index (χ2n) is 5.55. The topological polar surface area (TPSA) is 70.6 Å². The fourth-order valence-electron chi connectivity index (χ4n) is 3.07. The van der Waals surface area contributed by atoms with Gasteiger partial charge in [-0.1, -0.05) is 6.08 Å². The Morgan fingerprint density at radius 2 is 2.33 bits per heavy atom. The van der Waals surface area contributed by atoms with Gasteiger partial charge in [0.05, 0.1) is 19.2 Å². The Balaban J connectivity index is 1.67. The summed E-state index contributed by atoms with van der Waals surface area (Å²) in [4.78, 5) is 11.3. The highest BCUT2D eigenvalue weighted by Crippen LogP contribution is 2.28. The van der Waals surface area contributed by atoms with Gasteiger partial charge in [-0.2, -0.15) is 0 Å². The highest BCUT2D eigenvalue weighted by atomic mass is 16.5. The normalized spacial score (nSPS) is 31.2. The van der Waals surface area contributed by atoms with Crippen LogP contribution < -0.4 is 10.6 Å². The molecule has 1 heterocycles. The number of hydrogen-bond acceptors (Lipinski definition) is 5. The number of aldehydes is 1. The first-order valence-corrected chi connectivity index (χ1v) is 7.24. The van der Waals surface area contributed by atoms with Crippen LogP contribution in [-0.2, 0) is 9.53 Å². The van der Waals surface area contributed by atoms with Crippen LogP contribution >= 0.6 is 0 Å². The quantitative estimate of drug-likeness (QED) is 0.686. The Hall–Kier alpha value is -2.01. The summed E-state index contributed by atoms with van der Waals surface area (Å²) in [6.07, 6.45) is 11.7. The summed E-state index contributed by atoms with van der Waals surface area (Å²) < 4.78 is 5.05. The molecule has 5 nitrogen and oxygen atoms in total. The summed E-state index contributed by atoms with van der Waals surface area (Å²) in [6, 6.07) is -0.232. The van der Waals surface area contributed by atoms with E-state index >= 15 is 0 Å². The number of carbonyl (C=O) groups is 1. The molecule has 112 valence electrons. The lowest BCUT2D eigenvalue weighted by molar-refractivity contribution is -0.110. The van der Waals surface area contributed by atoms with Crippen LogP contribution in [0.2, 0.25) is 0 Å². The molecular weight excluding hydrogens is 268 g/mol. The highest BCUT2D eigenvalue weighted by molar-refractivity contribution is 5.61. The Morgan fingerprint density at radius 3 is 3.05 bits per heavy atom. The minimum absolute atomic E-state index is 0.0729. The average Bonchev–Trinajstić information content (AvgIpc) is 2.89. The van der Waals surface area contributed by atoms with Gasteiger partial charge in [0.25, 0.3) is 0 Å². The number of carbonyl (C=O) groups excluding carboxylic acids is 1. The molecular formula is C16H20N2O3. The number of hydrogen-bond donors (Lipinski definition) is 3. The molecule has 0 bridgehead atoms. The summed E-state index contributed by atoms with van der Waals surface area (Å²) in [7, 11) is 1.48. The zero-order valence-electron chi connectivity index (χ0n) is 12.0. The predicted molar refractivity (Wildman–Crippen MR) is 79.2 cm³/mol. The second kappa shape index (κ2) is 5.77. The van der Waals surface area contributed by atoms with E-state index in [9.17, 15) is 9.90 Å². The number of rotatable bonds is 4. The molecule has 3 rings (SSSR count). The molecule has 5 heteroatoms. The Kier molecular flexibility index (Phi) is 3.84. The molecule has 2 aliphatic carbocycles. The van der Waals surface area contributed by atoms with Crippen molar-refractivity contribution in [3.05, 3.63) is 47.1 Å². The minimum atomic E-state index is -0.342. The number of allylic oxidation sites excluding steroid dienone is 2. The van der Waals surface area contributed by atoms with Gasteiger partial charge in [0.2, 0.25) is 0 Å². The number of aliphatic hydroxyl groups is 1. The largest absolute Gasteiger partial charge is 0.504 e. The van der Waals surface area contributed by atoms with Crippen LogP contribution in [0.25, 0.3) is 0 Å². The van der Waals surface area contributed by atoms with E-state index in [1.165, 1.54) is 18.4 Å². The molecule has 0 aromatic heterocycles. The van der Waals surface area contributed by atoms with Crippen LogP contribution in [-0.4, -0.2) is 30.7 Å². The first kappa shape index (κ1) is 13.9. The van der Waals surface area contributed by atoms with Gasteiger partial charge in [0.1, 0.15) is 6.29 Å². The van der Waals surface area contributed by atoms with Crippen molar-refractivity contribution in [2.75, 3.05) is 7.11 Å². The van der Waals surface area contributed by atoms with Crippen LogP contribution in [0, 0.1) is 5.92 Å². The molecule has 3 aliphatic rings. The average molecular weight is 288 g/mol. The smallest absolute Gasteiger partial charge is 0.157 e. The van der Waals surface area contributed by atoms with Crippen LogP contribution in [0.15, 0.2) is 47.1 Å². The monoisotopic (exact) mass is 288 g/mol. The zero-order chi connectivity index (χ0) is 14.8. The molecule has 0 spiro atoms. The maximum atomic E-state index is 11.3. The molecule has 0 aromatic carbocycles. The van der Waals surface area contributed by atoms with Gasteiger partial charge >= 0.3 is 0 Å². The molecule has 21 heavy (non-hydrogen) atoms. The fourth-order valence-corrected chi connectivity index (χ4v) is 3.07.